The molecule has 3 nitrogen and oxygen atoms in total. The summed E-state index contributed by atoms with van der Waals surface area (Å²) in [6, 6.07) is 4.25. The summed E-state index contributed by atoms with van der Waals surface area (Å²) >= 11 is 1.77. The molecule has 2 heterocycles. The van der Waals surface area contributed by atoms with Crippen LogP contribution < -0.4 is 10.6 Å². The van der Waals surface area contributed by atoms with Gasteiger partial charge in [-0.25, -0.2) is 4.98 Å². The number of hydrogen-bond donors (Lipinski definition) is 1. The van der Waals surface area contributed by atoms with Crippen LogP contribution in [-0.4, -0.2) is 24.6 Å². The van der Waals surface area contributed by atoms with Crippen molar-refractivity contribution in [1.29, 1.82) is 0 Å². The molecular weight excluding hydrogens is 254 g/mol. The van der Waals surface area contributed by atoms with Crippen molar-refractivity contribution < 1.29 is 0 Å². The third-order valence-electron chi connectivity index (χ3n) is 3.32. The average Bonchev–Trinajstić information content (AvgIpc) is 2.86. The fourth-order valence-corrected chi connectivity index (χ4v) is 3.02. The Morgan fingerprint density at radius 2 is 2.16 bits per heavy atom. The number of nitrogens with two attached hydrogens (primary N) is 1. The lowest BCUT2D eigenvalue weighted by molar-refractivity contribution is 0.377. The minimum absolute atomic E-state index is 0.106. The van der Waals surface area contributed by atoms with Crippen LogP contribution in [0.4, 0.5) is 5.82 Å². The second-order valence-electron chi connectivity index (χ2n) is 5.76. The molecule has 0 saturated carbocycles. The standard InChI is InChI=1S/C15H23N3S/c1-4-8-18(11-15(2,3)10-16)14-12-6-9-19-13(12)5-7-17-14/h5-7,9H,4,8,10-11,16H2,1-3H3. The molecule has 19 heavy (non-hydrogen) atoms. The van der Waals surface area contributed by atoms with Gasteiger partial charge in [0.1, 0.15) is 5.82 Å². The monoisotopic (exact) mass is 277 g/mol. The summed E-state index contributed by atoms with van der Waals surface area (Å²) in [5.41, 5.74) is 5.98. The molecule has 2 rings (SSSR count). The van der Waals surface area contributed by atoms with Gasteiger partial charge in [-0.05, 0) is 35.9 Å². The number of rotatable bonds is 6. The molecule has 0 saturated heterocycles. The molecular formula is C15H23N3S. The van der Waals surface area contributed by atoms with Crippen molar-refractivity contribution in [1.82, 2.24) is 4.98 Å². The highest BCUT2D eigenvalue weighted by Gasteiger charge is 2.22. The Bertz CT molecular complexity index is 533. The highest BCUT2D eigenvalue weighted by molar-refractivity contribution is 7.17. The molecule has 0 aromatic carbocycles. The van der Waals surface area contributed by atoms with Crippen LogP contribution in [0.5, 0.6) is 0 Å². The van der Waals surface area contributed by atoms with Gasteiger partial charge in [0.2, 0.25) is 0 Å². The first-order chi connectivity index (χ1) is 9.07. The number of hydrogen-bond acceptors (Lipinski definition) is 4. The first-order valence-electron chi connectivity index (χ1n) is 6.84. The molecule has 0 amide bonds. The third-order valence-corrected chi connectivity index (χ3v) is 4.21. The Kier molecular flexibility index (Phi) is 4.42. The first kappa shape index (κ1) is 14.3. The van der Waals surface area contributed by atoms with Crippen molar-refractivity contribution in [3.63, 3.8) is 0 Å². The van der Waals surface area contributed by atoms with E-state index >= 15 is 0 Å². The van der Waals surface area contributed by atoms with Gasteiger partial charge in [0, 0.05) is 29.4 Å². The number of fused-ring (bicyclic) bond motifs is 1. The van der Waals surface area contributed by atoms with Crippen LogP contribution in [0.1, 0.15) is 27.2 Å². The zero-order valence-electron chi connectivity index (χ0n) is 12.0. The molecule has 0 unspecified atom stereocenters. The summed E-state index contributed by atoms with van der Waals surface area (Å²) in [4.78, 5) is 6.99. The van der Waals surface area contributed by atoms with Gasteiger partial charge >= 0.3 is 0 Å². The van der Waals surface area contributed by atoms with Gasteiger partial charge in [0.15, 0.2) is 0 Å². The Morgan fingerprint density at radius 3 is 2.84 bits per heavy atom. The molecule has 0 bridgehead atoms. The number of aromatic nitrogens is 1. The minimum Gasteiger partial charge on any atom is -0.356 e. The Balaban J connectivity index is 2.35. The maximum atomic E-state index is 5.88. The normalized spacial score (nSPS) is 12.0. The maximum absolute atomic E-state index is 5.88. The van der Waals surface area contributed by atoms with E-state index in [2.05, 4.69) is 48.2 Å². The Morgan fingerprint density at radius 1 is 1.37 bits per heavy atom. The van der Waals surface area contributed by atoms with Gasteiger partial charge in [-0.3, -0.25) is 0 Å². The summed E-state index contributed by atoms with van der Waals surface area (Å²) in [6.07, 6.45) is 3.02. The van der Waals surface area contributed by atoms with Crippen molar-refractivity contribution in [2.75, 3.05) is 24.5 Å². The minimum atomic E-state index is 0.106. The number of thiophene rings is 1. The lowest BCUT2D eigenvalue weighted by Gasteiger charge is -2.32. The quantitative estimate of drug-likeness (QED) is 0.878. The highest BCUT2D eigenvalue weighted by Crippen LogP contribution is 2.30. The fraction of sp³-hybridized carbons (Fsp3) is 0.533. The van der Waals surface area contributed by atoms with E-state index in [1.54, 1.807) is 11.3 Å². The predicted octanol–water partition coefficient (Wildman–Crippen LogP) is 3.50. The van der Waals surface area contributed by atoms with Crippen molar-refractivity contribution in [3.8, 4) is 0 Å². The van der Waals surface area contributed by atoms with Gasteiger partial charge in [-0.1, -0.05) is 20.8 Å². The van der Waals surface area contributed by atoms with Crippen LogP contribution in [0, 0.1) is 5.41 Å². The molecule has 2 aromatic rings. The van der Waals surface area contributed by atoms with E-state index in [0.29, 0.717) is 6.54 Å². The lowest BCUT2D eigenvalue weighted by Crippen LogP contribution is -2.39. The van der Waals surface area contributed by atoms with E-state index in [0.717, 1.165) is 25.3 Å². The summed E-state index contributed by atoms with van der Waals surface area (Å²) in [6.45, 7) is 9.28. The Hall–Kier alpha value is -1.13. The molecule has 4 heteroatoms. The second-order valence-corrected chi connectivity index (χ2v) is 6.70. The van der Waals surface area contributed by atoms with Gasteiger partial charge in [-0.2, -0.15) is 0 Å². The first-order valence-corrected chi connectivity index (χ1v) is 7.72. The molecule has 0 spiro atoms. The molecule has 0 fully saturated rings. The van der Waals surface area contributed by atoms with Gasteiger partial charge in [-0.15, -0.1) is 11.3 Å². The molecule has 0 radical (unpaired) electrons. The van der Waals surface area contributed by atoms with Gasteiger partial charge in [0.25, 0.3) is 0 Å². The van der Waals surface area contributed by atoms with Crippen molar-refractivity contribution in [2.45, 2.75) is 27.2 Å². The molecule has 2 aromatic heterocycles. The molecule has 104 valence electrons. The molecule has 0 aliphatic rings. The fourth-order valence-electron chi connectivity index (χ4n) is 2.24. The van der Waals surface area contributed by atoms with Crippen LogP contribution in [0.2, 0.25) is 0 Å². The molecule has 0 atom stereocenters. The smallest absolute Gasteiger partial charge is 0.137 e. The van der Waals surface area contributed by atoms with Crippen molar-refractivity contribution in [3.05, 3.63) is 23.7 Å². The van der Waals surface area contributed by atoms with Crippen LogP contribution in [-0.2, 0) is 0 Å². The topological polar surface area (TPSA) is 42.1 Å². The van der Waals surface area contributed by atoms with Gasteiger partial charge in [0.05, 0.1) is 0 Å². The molecule has 0 aliphatic heterocycles. The lowest BCUT2D eigenvalue weighted by atomic mass is 9.93. The van der Waals surface area contributed by atoms with E-state index in [9.17, 15) is 0 Å². The van der Waals surface area contributed by atoms with Gasteiger partial charge < -0.3 is 10.6 Å². The van der Waals surface area contributed by atoms with E-state index < -0.39 is 0 Å². The predicted molar refractivity (Wildman–Crippen MR) is 85.0 cm³/mol. The average molecular weight is 277 g/mol. The highest BCUT2D eigenvalue weighted by atomic mass is 32.1. The van der Waals surface area contributed by atoms with E-state index in [1.165, 1.54) is 10.1 Å². The zero-order valence-corrected chi connectivity index (χ0v) is 12.8. The zero-order chi connectivity index (χ0) is 13.9. The summed E-state index contributed by atoms with van der Waals surface area (Å²) in [5, 5.41) is 3.39. The maximum Gasteiger partial charge on any atom is 0.137 e. The van der Waals surface area contributed by atoms with Crippen LogP contribution in [0.25, 0.3) is 10.1 Å². The molecule has 0 aliphatic carbocycles. The summed E-state index contributed by atoms with van der Waals surface area (Å²) in [7, 11) is 0. The van der Waals surface area contributed by atoms with Crippen molar-refractivity contribution >= 4 is 27.2 Å². The summed E-state index contributed by atoms with van der Waals surface area (Å²) < 4.78 is 1.30. The third kappa shape index (κ3) is 3.25. The second kappa shape index (κ2) is 5.88. The largest absolute Gasteiger partial charge is 0.356 e. The van der Waals surface area contributed by atoms with E-state index in [1.807, 2.05) is 6.20 Å². The Labute approximate surface area is 119 Å². The number of nitrogens with zero attached hydrogens (tertiary/aromatic N) is 2. The molecule has 2 N–H and O–H groups in total. The SMILES string of the molecule is CCCN(CC(C)(C)CN)c1nccc2sccc12. The van der Waals surface area contributed by atoms with Crippen LogP contribution in [0.15, 0.2) is 23.7 Å². The van der Waals surface area contributed by atoms with Crippen LogP contribution >= 0.6 is 11.3 Å². The number of anilines is 1. The van der Waals surface area contributed by atoms with E-state index in [-0.39, 0.29) is 5.41 Å². The number of pyridine rings is 1. The van der Waals surface area contributed by atoms with Crippen LogP contribution in [0.3, 0.4) is 0 Å². The van der Waals surface area contributed by atoms with E-state index in [4.69, 9.17) is 5.73 Å². The summed E-state index contributed by atoms with van der Waals surface area (Å²) in [5.74, 6) is 1.10. The van der Waals surface area contributed by atoms with Crippen molar-refractivity contribution in [2.24, 2.45) is 11.1 Å².